The molecule has 0 radical (unpaired) electrons. The van der Waals surface area contributed by atoms with E-state index in [2.05, 4.69) is 96.7 Å². The summed E-state index contributed by atoms with van der Waals surface area (Å²) < 4.78 is 13.8. The lowest BCUT2D eigenvalue weighted by molar-refractivity contribution is 0.358. The molecule has 4 heteroatoms. The maximum atomic E-state index is 8.77. The second-order valence-corrected chi connectivity index (χ2v) is 13.4. The molecule has 0 fully saturated rings. The van der Waals surface area contributed by atoms with Crippen LogP contribution in [0.1, 0.15) is 47.1 Å². The minimum absolute atomic E-state index is 0.262. The molecule has 0 bridgehead atoms. The number of para-hydroxylation sites is 1. The summed E-state index contributed by atoms with van der Waals surface area (Å²) in [5, 5.41) is 8.77. The summed E-state index contributed by atoms with van der Waals surface area (Å²) in [6.45, 7) is 3.72. The molecule has 51 heavy (non-hydrogen) atoms. The Morgan fingerprint density at radius 3 is 2.29 bits per heavy atom. The third-order valence-corrected chi connectivity index (χ3v) is 10.6. The second kappa shape index (κ2) is 12.6. The minimum Gasteiger partial charge on any atom is -0.449 e. The number of hydrogen-bond donors (Lipinski definition) is 1. The summed E-state index contributed by atoms with van der Waals surface area (Å²) in [7, 11) is 0. The molecule has 5 aromatic carbocycles. The van der Waals surface area contributed by atoms with Crippen molar-refractivity contribution >= 4 is 23.7 Å². The molecule has 2 unspecified atom stereocenters. The number of benzene rings is 5. The van der Waals surface area contributed by atoms with Crippen molar-refractivity contribution in [2.24, 2.45) is 10.9 Å². The van der Waals surface area contributed by atoms with Crippen molar-refractivity contribution in [1.29, 1.82) is 5.41 Å². The van der Waals surface area contributed by atoms with E-state index in [-0.39, 0.29) is 11.3 Å². The van der Waals surface area contributed by atoms with Crippen molar-refractivity contribution in [2.45, 2.75) is 24.7 Å². The van der Waals surface area contributed by atoms with Gasteiger partial charge in [-0.1, -0.05) is 140 Å². The molecule has 246 valence electrons. The first kappa shape index (κ1) is 30.8. The lowest BCUT2D eigenvalue weighted by Crippen LogP contribution is -2.36. The largest absolute Gasteiger partial charge is 0.449 e. The predicted molar refractivity (Wildman–Crippen MR) is 208 cm³/mol. The van der Waals surface area contributed by atoms with Gasteiger partial charge in [-0.05, 0) is 83.5 Å². The maximum absolute atomic E-state index is 8.77. The van der Waals surface area contributed by atoms with E-state index in [4.69, 9.17) is 14.9 Å². The zero-order valence-corrected chi connectivity index (χ0v) is 28.2. The summed E-state index contributed by atoms with van der Waals surface area (Å²) >= 11 is 0. The average molecular weight is 661 g/mol. The molecular weight excluding hydrogens is 625 g/mol. The summed E-state index contributed by atoms with van der Waals surface area (Å²) in [5.41, 5.74) is 10.8. The number of hydrogen-bond acceptors (Lipinski definition) is 4. The zero-order valence-electron chi connectivity index (χ0n) is 28.2. The van der Waals surface area contributed by atoms with Crippen LogP contribution in [0, 0.1) is 11.3 Å². The SMILES string of the molecule is C=N/C(=C\C(=N)c1ccc(-c2cccc3c2Oc2ccc4c(c2O3)C2=C(C=CCC2)C4(c2ccccc2)C2C=CC=CC2)cc1)c1ccccc1. The molecule has 4 nitrogen and oxygen atoms in total. The van der Waals surface area contributed by atoms with E-state index in [0.29, 0.717) is 22.9 Å². The summed E-state index contributed by atoms with van der Waals surface area (Å²) in [6, 6.07) is 39.3. The fraction of sp³-hybridized carbons (Fsp3) is 0.106. The van der Waals surface area contributed by atoms with E-state index in [1.165, 1.54) is 27.8 Å². The van der Waals surface area contributed by atoms with Gasteiger partial charge in [0, 0.05) is 16.7 Å². The highest BCUT2D eigenvalue weighted by Gasteiger charge is 2.51. The molecule has 9 rings (SSSR count). The molecule has 0 aromatic heterocycles. The fourth-order valence-corrected chi connectivity index (χ4v) is 8.37. The number of ether oxygens (including phenoxy) is 2. The van der Waals surface area contributed by atoms with Gasteiger partial charge >= 0.3 is 0 Å². The summed E-state index contributed by atoms with van der Waals surface area (Å²) in [5.74, 6) is 3.18. The highest BCUT2D eigenvalue weighted by atomic mass is 16.6. The van der Waals surface area contributed by atoms with E-state index >= 15 is 0 Å². The van der Waals surface area contributed by atoms with E-state index in [9.17, 15) is 0 Å². The van der Waals surface area contributed by atoms with E-state index in [1.807, 2.05) is 66.7 Å². The lowest BCUT2D eigenvalue weighted by Gasteiger charge is -2.41. The van der Waals surface area contributed by atoms with Crippen molar-refractivity contribution in [3.05, 3.63) is 191 Å². The molecule has 0 saturated heterocycles. The zero-order chi connectivity index (χ0) is 34.4. The Bertz CT molecular complexity index is 2360. The predicted octanol–water partition coefficient (Wildman–Crippen LogP) is 11.9. The molecular formula is C47H36N2O2. The Kier molecular flexibility index (Phi) is 7.58. The standard InChI is InChI=1S/C47H36N2O2/c1-49-41(33-14-5-2-6-15-33)30-40(48)32-26-24-31(25-27-32)36-21-13-23-42-45(36)50-43-29-28-39-44(46(43)51-42)37-20-11-12-22-38(37)47(39,34-16-7-3-8-17-34)35-18-9-4-10-19-35/h2-10,12-18,21-30,35,48H,1,11,19-20H2/b41-30-,48-40?. The van der Waals surface area contributed by atoms with Crippen molar-refractivity contribution in [2.75, 3.05) is 0 Å². The number of allylic oxidation sites excluding steroid dienone is 9. The first-order valence-corrected chi connectivity index (χ1v) is 17.6. The Morgan fingerprint density at radius 2 is 1.53 bits per heavy atom. The highest BCUT2D eigenvalue weighted by molar-refractivity contribution is 6.10. The molecule has 0 spiro atoms. The lowest BCUT2D eigenvalue weighted by atomic mass is 9.61. The molecule has 5 aromatic rings. The quantitative estimate of drug-likeness (QED) is 0.173. The normalized spacial score (nSPS) is 19.7. The molecule has 0 saturated carbocycles. The van der Waals surface area contributed by atoms with Gasteiger partial charge in [0.05, 0.1) is 16.8 Å². The van der Waals surface area contributed by atoms with Gasteiger partial charge in [-0.25, -0.2) is 0 Å². The molecule has 1 heterocycles. The van der Waals surface area contributed by atoms with Gasteiger partial charge in [-0.3, -0.25) is 4.99 Å². The van der Waals surface area contributed by atoms with Crippen LogP contribution in [0.25, 0.3) is 22.4 Å². The van der Waals surface area contributed by atoms with Gasteiger partial charge in [-0.15, -0.1) is 0 Å². The van der Waals surface area contributed by atoms with Crippen molar-refractivity contribution in [3.8, 4) is 34.1 Å². The third kappa shape index (κ3) is 4.98. The number of fused-ring (bicyclic) bond motifs is 5. The van der Waals surface area contributed by atoms with Crippen LogP contribution in [0.3, 0.4) is 0 Å². The Balaban J connectivity index is 1.09. The molecule has 3 aliphatic carbocycles. The van der Waals surface area contributed by atoms with Gasteiger partial charge in [0.25, 0.3) is 0 Å². The smallest absolute Gasteiger partial charge is 0.177 e. The van der Waals surface area contributed by atoms with Gasteiger partial charge in [0.1, 0.15) is 0 Å². The van der Waals surface area contributed by atoms with E-state index in [1.54, 1.807) is 6.08 Å². The number of rotatable bonds is 7. The third-order valence-electron chi connectivity index (χ3n) is 10.6. The molecule has 0 amide bonds. The Labute approximate surface area is 298 Å². The van der Waals surface area contributed by atoms with Crippen molar-refractivity contribution in [3.63, 3.8) is 0 Å². The number of nitrogens with one attached hydrogen (secondary N) is 1. The van der Waals surface area contributed by atoms with Crippen LogP contribution in [0.2, 0.25) is 0 Å². The van der Waals surface area contributed by atoms with Crippen LogP contribution < -0.4 is 9.47 Å². The Morgan fingerprint density at radius 1 is 0.765 bits per heavy atom. The first-order chi connectivity index (χ1) is 25.2. The van der Waals surface area contributed by atoms with E-state index in [0.717, 1.165) is 53.0 Å². The van der Waals surface area contributed by atoms with Crippen LogP contribution in [0.15, 0.2) is 168 Å². The molecule has 4 aliphatic rings. The maximum Gasteiger partial charge on any atom is 0.177 e. The average Bonchev–Trinajstić information content (AvgIpc) is 3.51. The summed E-state index contributed by atoms with van der Waals surface area (Å²) in [6.07, 6.45) is 18.4. The van der Waals surface area contributed by atoms with Gasteiger partial charge < -0.3 is 14.9 Å². The molecule has 1 N–H and O–H groups in total. The van der Waals surface area contributed by atoms with Crippen LogP contribution in [0.4, 0.5) is 0 Å². The first-order valence-electron chi connectivity index (χ1n) is 17.6. The number of aliphatic imine (C=N–C) groups is 1. The molecule has 2 atom stereocenters. The van der Waals surface area contributed by atoms with Gasteiger partial charge in [0.15, 0.2) is 23.0 Å². The fourth-order valence-electron chi connectivity index (χ4n) is 8.37. The van der Waals surface area contributed by atoms with Crippen LogP contribution in [-0.4, -0.2) is 12.4 Å². The molecule has 1 aliphatic heterocycles. The van der Waals surface area contributed by atoms with Crippen LogP contribution in [0.5, 0.6) is 23.0 Å². The summed E-state index contributed by atoms with van der Waals surface area (Å²) in [4.78, 5) is 4.17. The van der Waals surface area contributed by atoms with Gasteiger partial charge in [0.2, 0.25) is 0 Å². The monoisotopic (exact) mass is 660 g/mol. The Hall–Kier alpha value is -6.26. The second-order valence-electron chi connectivity index (χ2n) is 13.4. The number of nitrogens with zero attached hydrogens (tertiary/aromatic N) is 1. The van der Waals surface area contributed by atoms with Gasteiger partial charge in [-0.2, -0.15) is 0 Å². The highest BCUT2D eigenvalue weighted by Crippen LogP contribution is 2.63. The van der Waals surface area contributed by atoms with E-state index < -0.39 is 0 Å². The van der Waals surface area contributed by atoms with Crippen LogP contribution in [-0.2, 0) is 5.41 Å². The van der Waals surface area contributed by atoms with Crippen LogP contribution >= 0.6 is 0 Å². The topological polar surface area (TPSA) is 54.7 Å². The minimum atomic E-state index is -0.334. The van der Waals surface area contributed by atoms with Crippen molar-refractivity contribution in [1.82, 2.24) is 0 Å². The van der Waals surface area contributed by atoms with Crippen molar-refractivity contribution < 1.29 is 9.47 Å².